The molecule has 0 radical (unpaired) electrons. The van der Waals surface area contributed by atoms with Crippen LogP contribution in [0.15, 0.2) is 65.1 Å². The van der Waals surface area contributed by atoms with Crippen LogP contribution in [-0.4, -0.2) is 12.2 Å². The van der Waals surface area contributed by atoms with Gasteiger partial charge in [-0.2, -0.15) is 13.2 Å². The molecular formula is C19H12F3NO3. The molecule has 2 aromatic carbocycles. The van der Waals surface area contributed by atoms with Crippen molar-refractivity contribution in [2.75, 3.05) is 5.32 Å². The summed E-state index contributed by atoms with van der Waals surface area (Å²) < 4.78 is 43.2. The standard InChI is InChI=1S/C19H12F3NO3/c20-19(21,22)13-7-5-12(6-8-13)18(25)23-16-4-2-1-3-15(16)17-10-9-14(11-24)26-17/h1-11H,(H,23,25). The number of amides is 1. The van der Waals surface area contributed by atoms with E-state index in [1.54, 1.807) is 30.3 Å². The average molecular weight is 359 g/mol. The number of anilines is 1. The Kier molecular flexibility index (Phi) is 4.62. The molecule has 0 fully saturated rings. The van der Waals surface area contributed by atoms with Gasteiger partial charge in [0.15, 0.2) is 12.0 Å². The minimum absolute atomic E-state index is 0.0841. The summed E-state index contributed by atoms with van der Waals surface area (Å²) in [4.78, 5) is 23.1. The number of benzene rings is 2. The van der Waals surface area contributed by atoms with Crippen molar-refractivity contribution in [3.8, 4) is 11.3 Å². The molecule has 0 aliphatic carbocycles. The zero-order chi connectivity index (χ0) is 18.7. The first-order valence-corrected chi connectivity index (χ1v) is 7.51. The van der Waals surface area contributed by atoms with E-state index >= 15 is 0 Å². The maximum atomic E-state index is 12.6. The molecule has 3 rings (SSSR count). The number of aldehydes is 1. The molecule has 1 heterocycles. The van der Waals surface area contributed by atoms with Crippen molar-refractivity contribution in [3.05, 3.63) is 77.6 Å². The third-order valence-electron chi connectivity index (χ3n) is 3.66. The number of furan rings is 1. The SMILES string of the molecule is O=Cc1ccc(-c2ccccc2NC(=O)c2ccc(C(F)(F)F)cc2)o1. The van der Waals surface area contributed by atoms with Gasteiger partial charge >= 0.3 is 6.18 Å². The fraction of sp³-hybridized carbons (Fsp3) is 0.0526. The number of alkyl halides is 3. The molecule has 26 heavy (non-hydrogen) atoms. The first-order valence-electron chi connectivity index (χ1n) is 7.51. The second-order valence-electron chi connectivity index (χ2n) is 5.39. The first kappa shape index (κ1) is 17.5. The molecule has 3 aromatic rings. The van der Waals surface area contributed by atoms with Crippen LogP contribution in [-0.2, 0) is 6.18 Å². The monoisotopic (exact) mass is 359 g/mol. The molecule has 0 atom stereocenters. The molecule has 4 nitrogen and oxygen atoms in total. The Bertz CT molecular complexity index is 943. The van der Waals surface area contributed by atoms with Gasteiger partial charge in [0.25, 0.3) is 5.91 Å². The van der Waals surface area contributed by atoms with Gasteiger partial charge < -0.3 is 9.73 Å². The van der Waals surface area contributed by atoms with E-state index in [4.69, 9.17) is 4.42 Å². The van der Waals surface area contributed by atoms with Crippen molar-refractivity contribution in [2.24, 2.45) is 0 Å². The minimum atomic E-state index is -4.46. The van der Waals surface area contributed by atoms with Crippen molar-refractivity contribution in [1.29, 1.82) is 0 Å². The summed E-state index contributed by atoms with van der Waals surface area (Å²) in [5.41, 5.74) is 0.206. The summed E-state index contributed by atoms with van der Waals surface area (Å²) in [7, 11) is 0. The Balaban J connectivity index is 1.85. The van der Waals surface area contributed by atoms with E-state index in [2.05, 4.69) is 5.32 Å². The zero-order valence-electron chi connectivity index (χ0n) is 13.2. The van der Waals surface area contributed by atoms with Crippen LogP contribution in [0.25, 0.3) is 11.3 Å². The molecule has 1 N–H and O–H groups in total. The summed E-state index contributed by atoms with van der Waals surface area (Å²) in [6, 6.07) is 13.7. The number of nitrogens with one attached hydrogen (secondary N) is 1. The van der Waals surface area contributed by atoms with E-state index in [1.165, 1.54) is 6.07 Å². The first-order chi connectivity index (χ1) is 12.4. The van der Waals surface area contributed by atoms with Crippen LogP contribution in [0.1, 0.15) is 26.5 Å². The van der Waals surface area contributed by atoms with Gasteiger partial charge in [-0.05, 0) is 48.5 Å². The Morgan fingerprint density at radius 2 is 1.65 bits per heavy atom. The molecule has 0 spiro atoms. The Hall–Kier alpha value is -3.35. The van der Waals surface area contributed by atoms with Crippen LogP contribution >= 0.6 is 0 Å². The number of carbonyl (C=O) groups excluding carboxylic acids is 2. The predicted octanol–water partition coefficient (Wildman–Crippen LogP) is 5.03. The van der Waals surface area contributed by atoms with E-state index in [-0.39, 0.29) is 11.3 Å². The molecule has 0 saturated heterocycles. The summed E-state index contributed by atoms with van der Waals surface area (Å²) in [5, 5.41) is 2.64. The number of carbonyl (C=O) groups is 2. The predicted molar refractivity (Wildman–Crippen MR) is 88.9 cm³/mol. The van der Waals surface area contributed by atoms with E-state index in [1.807, 2.05) is 0 Å². The van der Waals surface area contributed by atoms with E-state index in [0.29, 0.717) is 23.3 Å². The number of hydrogen-bond acceptors (Lipinski definition) is 3. The Labute approximate surface area is 146 Å². The van der Waals surface area contributed by atoms with Crippen molar-refractivity contribution in [3.63, 3.8) is 0 Å². The normalized spacial score (nSPS) is 11.2. The maximum absolute atomic E-state index is 12.6. The summed E-state index contributed by atoms with van der Waals surface area (Å²) in [6.45, 7) is 0. The molecular weight excluding hydrogens is 347 g/mol. The van der Waals surface area contributed by atoms with Gasteiger partial charge in [-0.15, -0.1) is 0 Å². The van der Waals surface area contributed by atoms with Gasteiger partial charge in [0.05, 0.1) is 11.3 Å². The number of para-hydroxylation sites is 1. The highest BCUT2D eigenvalue weighted by atomic mass is 19.4. The highest BCUT2D eigenvalue weighted by Gasteiger charge is 2.30. The lowest BCUT2D eigenvalue weighted by atomic mass is 10.1. The maximum Gasteiger partial charge on any atom is 0.416 e. The van der Waals surface area contributed by atoms with Crippen molar-refractivity contribution in [2.45, 2.75) is 6.18 Å². The smallest absolute Gasteiger partial charge is 0.416 e. The van der Waals surface area contributed by atoms with E-state index in [9.17, 15) is 22.8 Å². The topological polar surface area (TPSA) is 59.3 Å². The zero-order valence-corrected chi connectivity index (χ0v) is 13.2. The van der Waals surface area contributed by atoms with Crippen molar-refractivity contribution < 1.29 is 27.2 Å². The molecule has 0 aliphatic rings. The Morgan fingerprint density at radius 3 is 2.27 bits per heavy atom. The molecule has 0 aliphatic heterocycles. The number of hydrogen-bond donors (Lipinski definition) is 1. The van der Waals surface area contributed by atoms with Crippen LogP contribution in [0.5, 0.6) is 0 Å². The average Bonchev–Trinajstić information content (AvgIpc) is 3.10. The van der Waals surface area contributed by atoms with Crippen LogP contribution in [0, 0.1) is 0 Å². The highest BCUT2D eigenvalue weighted by molar-refractivity contribution is 6.06. The molecule has 132 valence electrons. The summed E-state index contributed by atoms with van der Waals surface area (Å²) >= 11 is 0. The van der Waals surface area contributed by atoms with Gasteiger partial charge in [-0.1, -0.05) is 12.1 Å². The number of halogens is 3. The van der Waals surface area contributed by atoms with Gasteiger partial charge in [0.2, 0.25) is 0 Å². The lowest BCUT2D eigenvalue weighted by Crippen LogP contribution is -2.13. The van der Waals surface area contributed by atoms with Crippen molar-refractivity contribution in [1.82, 2.24) is 0 Å². The second kappa shape index (κ2) is 6.87. The van der Waals surface area contributed by atoms with Crippen LogP contribution in [0.4, 0.5) is 18.9 Å². The van der Waals surface area contributed by atoms with Gasteiger partial charge in [0.1, 0.15) is 5.76 Å². The van der Waals surface area contributed by atoms with Crippen LogP contribution < -0.4 is 5.32 Å². The van der Waals surface area contributed by atoms with Gasteiger partial charge in [0, 0.05) is 11.1 Å². The molecule has 0 unspecified atom stereocenters. The van der Waals surface area contributed by atoms with E-state index < -0.39 is 17.6 Å². The fourth-order valence-corrected chi connectivity index (χ4v) is 2.37. The molecule has 0 saturated carbocycles. The number of rotatable bonds is 4. The van der Waals surface area contributed by atoms with Crippen LogP contribution in [0.3, 0.4) is 0 Å². The molecule has 1 aromatic heterocycles. The third-order valence-corrected chi connectivity index (χ3v) is 3.66. The largest absolute Gasteiger partial charge is 0.453 e. The summed E-state index contributed by atoms with van der Waals surface area (Å²) in [5.74, 6) is -0.0346. The fourth-order valence-electron chi connectivity index (χ4n) is 2.37. The lowest BCUT2D eigenvalue weighted by Gasteiger charge is -2.11. The summed E-state index contributed by atoms with van der Waals surface area (Å²) in [6.07, 6.45) is -3.90. The second-order valence-corrected chi connectivity index (χ2v) is 5.39. The minimum Gasteiger partial charge on any atom is -0.453 e. The quantitative estimate of drug-likeness (QED) is 0.665. The van der Waals surface area contributed by atoms with Gasteiger partial charge in [-0.25, -0.2) is 0 Å². The Morgan fingerprint density at radius 1 is 0.962 bits per heavy atom. The van der Waals surface area contributed by atoms with Crippen LogP contribution in [0.2, 0.25) is 0 Å². The third kappa shape index (κ3) is 3.66. The molecule has 1 amide bonds. The van der Waals surface area contributed by atoms with E-state index in [0.717, 1.165) is 24.3 Å². The molecule has 7 heteroatoms. The lowest BCUT2D eigenvalue weighted by molar-refractivity contribution is -0.137. The van der Waals surface area contributed by atoms with Gasteiger partial charge in [-0.3, -0.25) is 9.59 Å². The van der Waals surface area contributed by atoms with Crippen molar-refractivity contribution >= 4 is 17.9 Å². The highest BCUT2D eigenvalue weighted by Crippen LogP contribution is 2.31. The molecule has 0 bridgehead atoms.